The third kappa shape index (κ3) is 4.91. The van der Waals surface area contributed by atoms with Crippen molar-refractivity contribution < 1.29 is 9.59 Å². The molecule has 132 valence electrons. The molecule has 0 spiro atoms. The number of piperidine rings is 1. The van der Waals surface area contributed by atoms with E-state index in [4.69, 9.17) is 0 Å². The number of nitrogens with zero attached hydrogens (tertiary/aromatic N) is 4. The first-order chi connectivity index (χ1) is 11.0. The summed E-state index contributed by atoms with van der Waals surface area (Å²) in [4.78, 5) is 33.4. The highest BCUT2D eigenvalue weighted by Gasteiger charge is 2.35. The topological polar surface area (TPSA) is 47.1 Å². The molecule has 2 rings (SSSR count). The van der Waals surface area contributed by atoms with Crippen LogP contribution in [0.1, 0.15) is 32.6 Å². The van der Waals surface area contributed by atoms with E-state index in [0.717, 1.165) is 65.1 Å². The van der Waals surface area contributed by atoms with Crippen molar-refractivity contribution in [2.75, 3.05) is 59.9 Å². The molecule has 1 atom stereocenters. The third-order valence-corrected chi connectivity index (χ3v) is 4.96. The zero-order valence-corrected chi connectivity index (χ0v) is 15.0. The van der Waals surface area contributed by atoms with E-state index in [1.165, 1.54) is 0 Å². The summed E-state index contributed by atoms with van der Waals surface area (Å²) in [6.07, 6.45) is 3.38. The summed E-state index contributed by atoms with van der Waals surface area (Å²) >= 11 is 0. The second kappa shape index (κ2) is 8.64. The first kappa shape index (κ1) is 18.2. The maximum absolute atomic E-state index is 12.9. The zero-order valence-electron chi connectivity index (χ0n) is 15.0. The van der Waals surface area contributed by atoms with E-state index in [1.54, 1.807) is 0 Å². The highest BCUT2D eigenvalue weighted by atomic mass is 16.2. The van der Waals surface area contributed by atoms with Gasteiger partial charge in [-0.3, -0.25) is 14.5 Å². The van der Waals surface area contributed by atoms with Gasteiger partial charge in [-0.25, -0.2) is 0 Å². The van der Waals surface area contributed by atoms with Crippen LogP contribution in [-0.4, -0.2) is 97.4 Å². The van der Waals surface area contributed by atoms with Crippen molar-refractivity contribution in [1.29, 1.82) is 0 Å². The van der Waals surface area contributed by atoms with Crippen LogP contribution in [0.3, 0.4) is 0 Å². The lowest BCUT2D eigenvalue weighted by Crippen LogP contribution is -2.57. The van der Waals surface area contributed by atoms with Crippen LogP contribution in [0.25, 0.3) is 0 Å². The van der Waals surface area contributed by atoms with Gasteiger partial charge in [0.2, 0.25) is 11.8 Å². The predicted octanol–water partition coefficient (Wildman–Crippen LogP) is 0.483. The first-order valence-electron chi connectivity index (χ1n) is 8.98. The third-order valence-electron chi connectivity index (χ3n) is 4.96. The van der Waals surface area contributed by atoms with Crippen molar-refractivity contribution in [3.63, 3.8) is 0 Å². The van der Waals surface area contributed by atoms with Crippen molar-refractivity contribution in [3.8, 4) is 0 Å². The maximum Gasteiger partial charge on any atom is 0.245 e. The fourth-order valence-corrected chi connectivity index (χ4v) is 3.43. The lowest BCUT2D eigenvalue weighted by atomic mass is 10.00. The highest BCUT2D eigenvalue weighted by molar-refractivity contribution is 5.88. The molecule has 6 nitrogen and oxygen atoms in total. The number of carbonyl (C=O) groups is 2. The van der Waals surface area contributed by atoms with Gasteiger partial charge in [0.15, 0.2) is 0 Å². The van der Waals surface area contributed by atoms with Crippen molar-refractivity contribution >= 4 is 11.8 Å². The maximum atomic E-state index is 12.9. The number of carbonyl (C=O) groups excluding carboxylic acids is 2. The number of likely N-dealkylation sites (N-methyl/N-ethyl adjacent to an activating group) is 1. The summed E-state index contributed by atoms with van der Waals surface area (Å²) in [6.45, 7) is 8.18. The summed E-state index contributed by atoms with van der Waals surface area (Å²) in [7, 11) is 4.17. The minimum atomic E-state index is -0.218. The van der Waals surface area contributed by atoms with Crippen LogP contribution in [0.2, 0.25) is 0 Å². The standard InChI is InChI=1S/C17H32N4O2/c1-4-16(22)21-8-6-5-7-15(21)17(23)20-13-11-19(12-14-20)10-9-18(2)3/h15H,4-14H2,1-3H3. The Bertz CT molecular complexity index is 405. The van der Waals surface area contributed by atoms with Crippen LogP contribution in [0, 0.1) is 0 Å². The second-order valence-corrected chi connectivity index (χ2v) is 6.92. The van der Waals surface area contributed by atoms with Gasteiger partial charge in [-0.1, -0.05) is 6.92 Å². The molecule has 0 aliphatic carbocycles. The average Bonchev–Trinajstić information content (AvgIpc) is 2.59. The van der Waals surface area contributed by atoms with E-state index >= 15 is 0 Å². The van der Waals surface area contributed by atoms with Gasteiger partial charge in [0, 0.05) is 52.2 Å². The molecule has 0 radical (unpaired) electrons. The average molecular weight is 324 g/mol. The van der Waals surface area contributed by atoms with E-state index in [9.17, 15) is 9.59 Å². The quantitative estimate of drug-likeness (QED) is 0.738. The number of piperazine rings is 1. The molecule has 2 aliphatic heterocycles. The SMILES string of the molecule is CCC(=O)N1CCCCC1C(=O)N1CCN(CCN(C)C)CC1. The molecule has 6 heteroatoms. The summed E-state index contributed by atoms with van der Waals surface area (Å²) in [5.41, 5.74) is 0. The first-order valence-corrected chi connectivity index (χ1v) is 8.98. The van der Waals surface area contributed by atoms with Crippen LogP contribution in [-0.2, 0) is 9.59 Å². The predicted molar refractivity (Wildman–Crippen MR) is 91.2 cm³/mol. The van der Waals surface area contributed by atoms with E-state index in [0.29, 0.717) is 6.42 Å². The summed E-state index contributed by atoms with van der Waals surface area (Å²) < 4.78 is 0. The molecule has 0 saturated carbocycles. The Morgan fingerprint density at radius 3 is 2.35 bits per heavy atom. The Labute approximate surface area is 140 Å². The Morgan fingerprint density at radius 2 is 1.74 bits per heavy atom. The van der Waals surface area contributed by atoms with Gasteiger partial charge in [0.05, 0.1) is 0 Å². The van der Waals surface area contributed by atoms with Gasteiger partial charge in [0.25, 0.3) is 0 Å². The monoisotopic (exact) mass is 324 g/mol. The number of hydrogen-bond donors (Lipinski definition) is 0. The van der Waals surface area contributed by atoms with Gasteiger partial charge in [-0.2, -0.15) is 0 Å². The Hall–Kier alpha value is -1.14. The molecule has 2 saturated heterocycles. The molecule has 2 heterocycles. The molecule has 23 heavy (non-hydrogen) atoms. The fraction of sp³-hybridized carbons (Fsp3) is 0.882. The molecule has 0 bridgehead atoms. The van der Waals surface area contributed by atoms with Gasteiger partial charge in [-0.15, -0.1) is 0 Å². The smallest absolute Gasteiger partial charge is 0.245 e. The van der Waals surface area contributed by atoms with Crippen LogP contribution in [0.15, 0.2) is 0 Å². The van der Waals surface area contributed by atoms with E-state index in [1.807, 2.05) is 16.7 Å². The van der Waals surface area contributed by atoms with E-state index in [-0.39, 0.29) is 17.9 Å². The molecular formula is C17H32N4O2. The van der Waals surface area contributed by atoms with Crippen LogP contribution >= 0.6 is 0 Å². The van der Waals surface area contributed by atoms with E-state index in [2.05, 4.69) is 23.9 Å². The van der Waals surface area contributed by atoms with Crippen molar-refractivity contribution in [2.24, 2.45) is 0 Å². The van der Waals surface area contributed by atoms with Gasteiger partial charge in [-0.05, 0) is 33.4 Å². The van der Waals surface area contributed by atoms with Crippen LogP contribution in [0.4, 0.5) is 0 Å². The van der Waals surface area contributed by atoms with Crippen molar-refractivity contribution in [1.82, 2.24) is 19.6 Å². The molecule has 0 aromatic heterocycles. The number of hydrogen-bond acceptors (Lipinski definition) is 4. The molecule has 0 aromatic carbocycles. The van der Waals surface area contributed by atoms with Gasteiger partial charge >= 0.3 is 0 Å². The largest absolute Gasteiger partial charge is 0.338 e. The Balaban J connectivity index is 1.86. The molecule has 1 unspecified atom stereocenters. The summed E-state index contributed by atoms with van der Waals surface area (Å²) in [5.74, 6) is 0.284. The second-order valence-electron chi connectivity index (χ2n) is 6.92. The van der Waals surface area contributed by atoms with Gasteiger partial charge in [0.1, 0.15) is 6.04 Å². The number of likely N-dealkylation sites (tertiary alicyclic amines) is 1. The molecule has 0 aromatic rings. The molecule has 2 aliphatic rings. The van der Waals surface area contributed by atoms with E-state index < -0.39 is 0 Å². The molecular weight excluding hydrogens is 292 g/mol. The highest BCUT2D eigenvalue weighted by Crippen LogP contribution is 2.20. The number of rotatable bonds is 5. The lowest BCUT2D eigenvalue weighted by molar-refractivity contribution is -0.148. The van der Waals surface area contributed by atoms with Crippen LogP contribution < -0.4 is 0 Å². The van der Waals surface area contributed by atoms with Gasteiger partial charge < -0.3 is 14.7 Å². The zero-order chi connectivity index (χ0) is 16.8. The lowest BCUT2D eigenvalue weighted by Gasteiger charge is -2.41. The summed E-state index contributed by atoms with van der Waals surface area (Å²) in [5, 5.41) is 0. The minimum Gasteiger partial charge on any atom is -0.338 e. The Kier molecular flexibility index (Phi) is 6.84. The minimum absolute atomic E-state index is 0.118. The van der Waals surface area contributed by atoms with Crippen molar-refractivity contribution in [3.05, 3.63) is 0 Å². The normalized spacial score (nSPS) is 23.4. The fourth-order valence-electron chi connectivity index (χ4n) is 3.43. The molecule has 2 fully saturated rings. The molecule has 2 amide bonds. The van der Waals surface area contributed by atoms with Crippen LogP contribution in [0.5, 0.6) is 0 Å². The Morgan fingerprint density at radius 1 is 1.04 bits per heavy atom. The summed E-state index contributed by atoms with van der Waals surface area (Å²) in [6, 6.07) is -0.218. The van der Waals surface area contributed by atoms with Crippen molar-refractivity contribution in [2.45, 2.75) is 38.6 Å². The molecule has 0 N–H and O–H groups in total. The number of amides is 2.